The zero-order chi connectivity index (χ0) is 24.9. The van der Waals surface area contributed by atoms with Crippen LogP contribution >= 0.6 is 11.8 Å². The lowest BCUT2D eigenvalue weighted by molar-refractivity contribution is 0.108. The van der Waals surface area contributed by atoms with Gasteiger partial charge in [-0.2, -0.15) is 0 Å². The molecule has 0 radical (unpaired) electrons. The molecule has 0 bridgehead atoms. The first kappa shape index (κ1) is 25.4. The number of allylic oxidation sites excluding steroid dienone is 2. The Bertz CT molecular complexity index is 1130. The summed E-state index contributed by atoms with van der Waals surface area (Å²) in [5.74, 6) is 2.77. The third-order valence-electron chi connectivity index (χ3n) is 7.74. The monoisotopic (exact) mass is 502 g/mol. The third-order valence-corrected chi connectivity index (χ3v) is 8.92. The molecule has 2 atom stereocenters. The molecule has 2 aliphatic carbocycles. The molecule has 2 aromatic rings. The van der Waals surface area contributed by atoms with Gasteiger partial charge in [-0.3, -0.25) is 0 Å². The zero-order valence-electron chi connectivity index (χ0n) is 21.5. The van der Waals surface area contributed by atoms with Crippen LogP contribution in [-0.2, 0) is 12.8 Å². The van der Waals surface area contributed by atoms with E-state index in [4.69, 9.17) is 15.0 Å². The molecule has 0 saturated heterocycles. The Hall–Kier alpha value is -2.28. The molecule has 2 N–H and O–H groups in total. The summed E-state index contributed by atoms with van der Waals surface area (Å²) in [6, 6.07) is 13.0. The molecular formula is C30H38N4OS. The molecule has 0 spiro atoms. The van der Waals surface area contributed by atoms with Crippen molar-refractivity contribution in [3.05, 3.63) is 76.1 Å². The first-order chi connectivity index (χ1) is 17.6. The van der Waals surface area contributed by atoms with Crippen molar-refractivity contribution in [3.8, 4) is 0 Å². The van der Waals surface area contributed by atoms with Crippen LogP contribution < -0.4 is 5.32 Å². The molecule has 190 valence electrons. The van der Waals surface area contributed by atoms with E-state index in [1.165, 1.54) is 16.0 Å². The number of aliphatic hydroxyl groups is 1. The van der Waals surface area contributed by atoms with E-state index in [1.807, 2.05) is 18.8 Å². The van der Waals surface area contributed by atoms with Gasteiger partial charge in [0.15, 0.2) is 5.82 Å². The molecule has 0 amide bonds. The van der Waals surface area contributed by atoms with Gasteiger partial charge in [0.1, 0.15) is 5.82 Å². The summed E-state index contributed by atoms with van der Waals surface area (Å²) in [5.41, 5.74) is 3.76. The van der Waals surface area contributed by atoms with Crippen LogP contribution in [0.4, 0.5) is 5.82 Å². The van der Waals surface area contributed by atoms with Gasteiger partial charge in [0.2, 0.25) is 0 Å². The molecule has 5 nitrogen and oxygen atoms in total. The van der Waals surface area contributed by atoms with Crippen LogP contribution in [0.5, 0.6) is 0 Å². The third kappa shape index (κ3) is 6.53. The zero-order valence-corrected chi connectivity index (χ0v) is 22.3. The average Bonchev–Trinajstić information content (AvgIpc) is 3.03. The summed E-state index contributed by atoms with van der Waals surface area (Å²) in [6.07, 6.45) is 13.1. The number of hydrogen-bond acceptors (Lipinski definition) is 6. The number of aliphatic hydroxyl groups excluding tert-OH is 1. The smallest absolute Gasteiger partial charge is 0.156 e. The van der Waals surface area contributed by atoms with E-state index in [1.54, 1.807) is 0 Å². The second-order valence-electron chi connectivity index (χ2n) is 10.6. The minimum atomic E-state index is -0.139. The van der Waals surface area contributed by atoms with Gasteiger partial charge in [0.25, 0.3) is 0 Å². The van der Waals surface area contributed by atoms with E-state index in [0.29, 0.717) is 17.9 Å². The number of benzene rings is 1. The van der Waals surface area contributed by atoms with Crippen molar-refractivity contribution >= 4 is 22.6 Å². The van der Waals surface area contributed by atoms with Crippen molar-refractivity contribution in [2.24, 2.45) is 16.8 Å². The maximum atomic E-state index is 9.92. The predicted molar refractivity (Wildman–Crippen MR) is 150 cm³/mol. The van der Waals surface area contributed by atoms with E-state index < -0.39 is 0 Å². The number of rotatable bonds is 6. The highest BCUT2D eigenvalue weighted by atomic mass is 32.2. The van der Waals surface area contributed by atoms with Gasteiger partial charge < -0.3 is 10.4 Å². The molecule has 1 saturated carbocycles. The van der Waals surface area contributed by atoms with E-state index >= 15 is 0 Å². The van der Waals surface area contributed by atoms with Crippen LogP contribution in [-0.4, -0.2) is 39.3 Å². The van der Waals surface area contributed by atoms with Crippen molar-refractivity contribution in [3.63, 3.8) is 0 Å². The van der Waals surface area contributed by atoms with Gasteiger partial charge in [0, 0.05) is 24.9 Å². The number of thioether (sulfide) groups is 1. The molecule has 1 aromatic heterocycles. The lowest BCUT2D eigenvalue weighted by Crippen LogP contribution is -2.25. The SMILES string of the molecule is CNC1C=CC2=C(C1)SC(=Nc1cc(Cc3ccccc3)nc(CC3CCC(O)CC3)n1)CCC2C. The van der Waals surface area contributed by atoms with Crippen molar-refractivity contribution < 1.29 is 5.11 Å². The molecule has 2 heterocycles. The first-order valence-electron chi connectivity index (χ1n) is 13.5. The van der Waals surface area contributed by atoms with Crippen LogP contribution in [0.15, 0.2) is 64.0 Å². The number of aliphatic imine (C=N–C) groups is 1. The van der Waals surface area contributed by atoms with Crippen LogP contribution in [0.1, 0.15) is 69.0 Å². The standard InChI is InChI=1S/C30H38N4OS/c1-20-8-15-30(36-27-18-23(31-2)11-14-26(20)27)34-29-19-24(16-21-6-4-3-5-7-21)32-28(33-29)17-22-9-12-25(35)13-10-22/h3-7,11,14,19-20,22-23,25,31,35H,8-10,12-13,15-18H2,1-2H3. The normalized spacial score (nSPS) is 27.7. The molecule has 1 aromatic carbocycles. The quantitative estimate of drug-likeness (QED) is 0.495. The second-order valence-corrected chi connectivity index (χ2v) is 11.7. The van der Waals surface area contributed by atoms with Crippen molar-refractivity contribution in [1.82, 2.24) is 15.3 Å². The van der Waals surface area contributed by atoms with Crippen LogP contribution in [0.3, 0.4) is 0 Å². The molecule has 1 aliphatic heterocycles. The minimum Gasteiger partial charge on any atom is -0.393 e. The van der Waals surface area contributed by atoms with Gasteiger partial charge in [-0.1, -0.05) is 61.2 Å². The fraction of sp³-hybridized carbons (Fsp3) is 0.500. The summed E-state index contributed by atoms with van der Waals surface area (Å²) in [7, 11) is 2.03. The molecule has 3 aliphatic rings. The Morgan fingerprint density at radius 1 is 1.08 bits per heavy atom. The maximum Gasteiger partial charge on any atom is 0.156 e. The Morgan fingerprint density at radius 3 is 2.67 bits per heavy atom. The van der Waals surface area contributed by atoms with Gasteiger partial charge in [0.05, 0.1) is 16.8 Å². The van der Waals surface area contributed by atoms with Crippen LogP contribution in [0.2, 0.25) is 0 Å². The molecule has 2 unspecified atom stereocenters. The van der Waals surface area contributed by atoms with Crippen LogP contribution in [0, 0.1) is 11.8 Å². The summed E-state index contributed by atoms with van der Waals surface area (Å²) < 4.78 is 0. The van der Waals surface area contributed by atoms with Crippen molar-refractivity contribution in [2.75, 3.05) is 7.05 Å². The predicted octanol–water partition coefficient (Wildman–Crippen LogP) is 6.16. The Balaban J connectivity index is 1.42. The van der Waals surface area contributed by atoms with Gasteiger partial charge in [-0.05, 0) is 79.9 Å². The summed E-state index contributed by atoms with van der Waals surface area (Å²) in [5, 5.41) is 14.5. The number of aromatic nitrogens is 2. The molecule has 1 fully saturated rings. The number of hydrogen-bond donors (Lipinski definition) is 2. The van der Waals surface area contributed by atoms with Gasteiger partial charge >= 0.3 is 0 Å². The number of likely N-dealkylation sites (N-methyl/N-ethyl adjacent to an activating group) is 1. The second kappa shape index (κ2) is 11.8. The molecule has 36 heavy (non-hydrogen) atoms. The molecular weight excluding hydrogens is 464 g/mol. The topological polar surface area (TPSA) is 70.4 Å². The van der Waals surface area contributed by atoms with Gasteiger partial charge in [-0.25, -0.2) is 15.0 Å². The fourth-order valence-corrected chi connectivity index (χ4v) is 6.81. The first-order valence-corrected chi connectivity index (χ1v) is 14.3. The Morgan fingerprint density at radius 2 is 1.89 bits per heavy atom. The summed E-state index contributed by atoms with van der Waals surface area (Å²) >= 11 is 1.86. The average molecular weight is 503 g/mol. The highest BCUT2D eigenvalue weighted by Gasteiger charge is 2.25. The fourth-order valence-electron chi connectivity index (χ4n) is 5.52. The number of nitrogens with zero attached hydrogens (tertiary/aromatic N) is 3. The molecule has 5 rings (SSSR count). The van der Waals surface area contributed by atoms with Gasteiger partial charge in [-0.15, -0.1) is 0 Å². The van der Waals surface area contributed by atoms with E-state index in [9.17, 15) is 5.11 Å². The number of nitrogens with one attached hydrogen (secondary N) is 1. The maximum absolute atomic E-state index is 9.92. The molecule has 6 heteroatoms. The lowest BCUT2D eigenvalue weighted by Gasteiger charge is -2.24. The highest BCUT2D eigenvalue weighted by molar-refractivity contribution is 8.17. The summed E-state index contributed by atoms with van der Waals surface area (Å²) in [4.78, 5) is 16.5. The van der Waals surface area contributed by atoms with Crippen molar-refractivity contribution in [2.45, 2.75) is 76.9 Å². The van der Waals surface area contributed by atoms with E-state index in [-0.39, 0.29) is 6.10 Å². The summed E-state index contributed by atoms with van der Waals surface area (Å²) in [6.45, 7) is 2.34. The Kier molecular flexibility index (Phi) is 8.35. The largest absolute Gasteiger partial charge is 0.393 e. The Labute approximate surface area is 219 Å². The van der Waals surface area contributed by atoms with Crippen LogP contribution in [0.25, 0.3) is 0 Å². The van der Waals surface area contributed by atoms with E-state index in [2.05, 4.69) is 60.8 Å². The van der Waals surface area contributed by atoms with E-state index in [0.717, 1.165) is 80.2 Å². The minimum absolute atomic E-state index is 0.139. The lowest BCUT2D eigenvalue weighted by atomic mass is 9.85. The highest BCUT2D eigenvalue weighted by Crippen LogP contribution is 2.40. The van der Waals surface area contributed by atoms with Crippen molar-refractivity contribution in [1.29, 1.82) is 0 Å².